The molecule has 204 valence electrons. The molecule has 0 aromatic heterocycles. The molecule has 2 amide bonds. The fourth-order valence-electron chi connectivity index (χ4n) is 4.05. The molecular weight excluding hydrogens is 510 g/mol. The summed E-state index contributed by atoms with van der Waals surface area (Å²) in [6.45, 7) is 8.28. The van der Waals surface area contributed by atoms with Gasteiger partial charge in [-0.15, -0.1) is 0 Å². The van der Waals surface area contributed by atoms with Crippen molar-refractivity contribution in [3.05, 3.63) is 64.7 Å². The van der Waals surface area contributed by atoms with E-state index in [1.165, 1.54) is 10.6 Å². The van der Waals surface area contributed by atoms with Crippen LogP contribution in [0.5, 0.6) is 0 Å². The molecule has 2 aromatic carbocycles. The van der Waals surface area contributed by atoms with Gasteiger partial charge in [-0.3, -0.25) is 13.9 Å². The predicted octanol–water partition coefficient (Wildman–Crippen LogP) is 5.17. The summed E-state index contributed by atoms with van der Waals surface area (Å²) in [5.41, 5.74) is 2.55. The maximum Gasteiger partial charge on any atom is 0.243 e. The third-order valence-electron chi connectivity index (χ3n) is 6.44. The lowest BCUT2D eigenvalue weighted by molar-refractivity contribution is -0.141. The van der Waals surface area contributed by atoms with Gasteiger partial charge in [0.2, 0.25) is 21.8 Å². The smallest absolute Gasteiger partial charge is 0.243 e. The summed E-state index contributed by atoms with van der Waals surface area (Å²) in [6, 6.07) is 14.0. The minimum atomic E-state index is -3.53. The fourth-order valence-corrected chi connectivity index (χ4v) is 5.14. The van der Waals surface area contributed by atoms with Crippen molar-refractivity contribution in [1.82, 2.24) is 10.2 Å². The topological polar surface area (TPSA) is 86.8 Å². The highest BCUT2D eigenvalue weighted by atomic mass is 35.5. The van der Waals surface area contributed by atoms with Gasteiger partial charge in [0, 0.05) is 30.6 Å². The molecule has 0 heterocycles. The Kier molecular flexibility index (Phi) is 11.9. The minimum Gasteiger partial charge on any atom is -0.352 e. The van der Waals surface area contributed by atoms with Crippen molar-refractivity contribution in [2.75, 3.05) is 17.1 Å². The standard InChI is InChI=1S/C28H40ClN3O4S/c1-6-21(4)30-28(34)26(8-3)31(20-23-11-15-24(29)16-12-23)27(33)10-9-19-32(37(5,35)36)25-17-13-22(7-2)14-18-25/h11-18,21,26H,6-10,19-20H2,1-5H3,(H,30,34). The van der Waals surface area contributed by atoms with Gasteiger partial charge >= 0.3 is 0 Å². The van der Waals surface area contributed by atoms with E-state index >= 15 is 0 Å². The third kappa shape index (κ3) is 9.34. The summed E-state index contributed by atoms with van der Waals surface area (Å²) < 4.78 is 26.3. The average Bonchev–Trinajstić information content (AvgIpc) is 2.86. The molecular formula is C28H40ClN3O4S. The number of hydrogen-bond acceptors (Lipinski definition) is 4. The van der Waals surface area contributed by atoms with E-state index in [-0.39, 0.29) is 37.4 Å². The van der Waals surface area contributed by atoms with Gasteiger partial charge in [-0.1, -0.05) is 56.6 Å². The highest BCUT2D eigenvalue weighted by Gasteiger charge is 2.29. The van der Waals surface area contributed by atoms with Gasteiger partial charge in [-0.2, -0.15) is 0 Å². The lowest BCUT2D eigenvalue weighted by Crippen LogP contribution is -2.50. The van der Waals surface area contributed by atoms with Crippen molar-refractivity contribution < 1.29 is 18.0 Å². The molecule has 2 unspecified atom stereocenters. The number of halogens is 1. The van der Waals surface area contributed by atoms with Gasteiger partial charge in [0.05, 0.1) is 11.9 Å². The molecule has 2 aromatic rings. The highest BCUT2D eigenvalue weighted by Crippen LogP contribution is 2.21. The Hall–Kier alpha value is -2.58. The van der Waals surface area contributed by atoms with Crippen LogP contribution in [0.2, 0.25) is 5.02 Å². The molecule has 0 fully saturated rings. The first-order valence-electron chi connectivity index (χ1n) is 12.9. The quantitative estimate of drug-likeness (QED) is 0.352. The average molecular weight is 550 g/mol. The van der Waals surface area contributed by atoms with Gasteiger partial charge in [-0.25, -0.2) is 8.42 Å². The normalized spacial score (nSPS) is 13.0. The number of rotatable bonds is 14. The number of nitrogens with zero attached hydrogens (tertiary/aromatic N) is 2. The van der Waals surface area contributed by atoms with Crippen molar-refractivity contribution in [2.45, 2.75) is 78.4 Å². The SMILES string of the molecule is CCc1ccc(N(CCCC(=O)N(Cc2ccc(Cl)cc2)C(CC)C(=O)NC(C)CC)S(C)(=O)=O)cc1. The van der Waals surface area contributed by atoms with Gasteiger partial charge in [0.15, 0.2) is 0 Å². The molecule has 9 heteroatoms. The molecule has 0 spiro atoms. The Morgan fingerprint density at radius 2 is 1.54 bits per heavy atom. The Morgan fingerprint density at radius 3 is 2.05 bits per heavy atom. The molecule has 2 atom stereocenters. The molecule has 0 aliphatic carbocycles. The number of benzene rings is 2. The van der Waals surface area contributed by atoms with Gasteiger partial charge in [0.25, 0.3) is 0 Å². The Bertz CT molecular complexity index is 1120. The number of anilines is 1. The van der Waals surface area contributed by atoms with E-state index in [1.807, 2.05) is 52.0 Å². The summed E-state index contributed by atoms with van der Waals surface area (Å²) in [4.78, 5) is 28.1. The lowest BCUT2D eigenvalue weighted by atomic mass is 10.1. The molecule has 0 radical (unpaired) electrons. The van der Waals surface area contributed by atoms with Gasteiger partial charge < -0.3 is 10.2 Å². The van der Waals surface area contributed by atoms with E-state index in [0.717, 1.165) is 24.0 Å². The van der Waals surface area contributed by atoms with Gasteiger partial charge in [-0.05, 0) is 68.0 Å². The first kappa shape index (κ1) is 30.6. The Balaban J connectivity index is 2.21. The number of carbonyl (C=O) groups is 2. The summed E-state index contributed by atoms with van der Waals surface area (Å²) in [5.74, 6) is -0.385. The van der Waals surface area contributed by atoms with Crippen LogP contribution in [0.1, 0.15) is 64.5 Å². The van der Waals surface area contributed by atoms with Crippen molar-refractivity contribution in [1.29, 1.82) is 0 Å². The van der Waals surface area contributed by atoms with E-state index in [9.17, 15) is 18.0 Å². The van der Waals surface area contributed by atoms with Crippen LogP contribution < -0.4 is 9.62 Å². The summed E-state index contributed by atoms with van der Waals surface area (Å²) in [6.07, 6.45) is 3.71. The van der Waals surface area contributed by atoms with Crippen LogP contribution in [-0.4, -0.2) is 50.0 Å². The van der Waals surface area contributed by atoms with E-state index in [4.69, 9.17) is 11.6 Å². The summed E-state index contributed by atoms with van der Waals surface area (Å²) >= 11 is 6.03. The molecule has 0 aliphatic heterocycles. The monoisotopic (exact) mass is 549 g/mol. The number of nitrogens with one attached hydrogen (secondary N) is 1. The third-order valence-corrected chi connectivity index (χ3v) is 7.88. The van der Waals surface area contributed by atoms with E-state index < -0.39 is 16.1 Å². The zero-order valence-electron chi connectivity index (χ0n) is 22.5. The molecule has 0 saturated carbocycles. The molecule has 37 heavy (non-hydrogen) atoms. The highest BCUT2D eigenvalue weighted by molar-refractivity contribution is 7.92. The van der Waals surface area contributed by atoms with Crippen LogP contribution in [0.3, 0.4) is 0 Å². The number of sulfonamides is 1. The van der Waals surface area contributed by atoms with Crippen LogP contribution >= 0.6 is 11.6 Å². The summed E-state index contributed by atoms with van der Waals surface area (Å²) in [7, 11) is -3.53. The zero-order chi connectivity index (χ0) is 27.6. The molecule has 0 aliphatic rings. The van der Waals surface area contributed by atoms with E-state index in [2.05, 4.69) is 5.32 Å². The maximum atomic E-state index is 13.5. The maximum absolute atomic E-state index is 13.5. The molecule has 1 N–H and O–H groups in total. The molecule has 2 rings (SSSR count). The first-order chi connectivity index (χ1) is 17.5. The molecule has 7 nitrogen and oxygen atoms in total. The second kappa shape index (κ2) is 14.4. The van der Waals surface area contributed by atoms with Crippen molar-refractivity contribution in [3.8, 4) is 0 Å². The zero-order valence-corrected chi connectivity index (χ0v) is 24.1. The first-order valence-corrected chi connectivity index (χ1v) is 15.1. The van der Waals surface area contributed by atoms with Crippen LogP contribution in [0, 0.1) is 0 Å². The lowest BCUT2D eigenvalue weighted by Gasteiger charge is -2.32. The van der Waals surface area contributed by atoms with E-state index in [1.54, 1.807) is 29.2 Å². The predicted molar refractivity (Wildman–Crippen MR) is 151 cm³/mol. The minimum absolute atomic E-state index is 0.00329. The van der Waals surface area contributed by atoms with Crippen molar-refractivity contribution in [3.63, 3.8) is 0 Å². The molecule has 0 bridgehead atoms. The van der Waals surface area contributed by atoms with Gasteiger partial charge in [0.1, 0.15) is 6.04 Å². The fraction of sp³-hybridized carbons (Fsp3) is 0.500. The van der Waals surface area contributed by atoms with E-state index in [0.29, 0.717) is 23.6 Å². The Morgan fingerprint density at radius 1 is 0.946 bits per heavy atom. The summed E-state index contributed by atoms with van der Waals surface area (Å²) in [5, 5.41) is 3.59. The van der Waals surface area contributed by atoms with Crippen LogP contribution in [-0.2, 0) is 32.6 Å². The Labute approximate surface area is 227 Å². The number of amides is 2. The largest absolute Gasteiger partial charge is 0.352 e. The number of carbonyl (C=O) groups excluding carboxylic acids is 2. The second-order valence-electron chi connectivity index (χ2n) is 9.35. The number of aryl methyl sites for hydroxylation is 1. The second-order valence-corrected chi connectivity index (χ2v) is 11.7. The van der Waals surface area contributed by atoms with Crippen LogP contribution in [0.25, 0.3) is 0 Å². The number of hydrogen-bond donors (Lipinski definition) is 1. The van der Waals surface area contributed by atoms with Crippen LogP contribution in [0.4, 0.5) is 5.69 Å². The van der Waals surface area contributed by atoms with Crippen molar-refractivity contribution in [2.24, 2.45) is 0 Å². The molecule has 0 saturated heterocycles. The van der Waals surface area contributed by atoms with Crippen molar-refractivity contribution >= 4 is 39.1 Å². The van der Waals surface area contributed by atoms with Crippen LogP contribution in [0.15, 0.2) is 48.5 Å².